The second-order valence-electron chi connectivity index (χ2n) is 7.68. The van der Waals surface area contributed by atoms with Gasteiger partial charge in [0.05, 0.1) is 5.69 Å². The summed E-state index contributed by atoms with van der Waals surface area (Å²) in [7, 11) is 1.99. The predicted octanol–water partition coefficient (Wildman–Crippen LogP) is 2.01. The van der Waals surface area contributed by atoms with Crippen LogP contribution >= 0.6 is 0 Å². The molecule has 0 amide bonds. The maximum Gasteiger partial charge on any atom is 0.0640 e. The molecule has 1 aromatic heterocycles. The van der Waals surface area contributed by atoms with Crippen molar-refractivity contribution in [2.75, 3.05) is 0 Å². The Kier molecular flexibility index (Phi) is 2.93. The molecule has 5 rings (SSSR count). The summed E-state index contributed by atoms with van der Waals surface area (Å²) in [6, 6.07) is 2.52. The van der Waals surface area contributed by atoms with Crippen LogP contribution in [0.3, 0.4) is 0 Å². The van der Waals surface area contributed by atoms with E-state index >= 15 is 0 Å². The van der Waals surface area contributed by atoms with Crippen molar-refractivity contribution < 1.29 is 0 Å². The number of nitrogens with zero attached hydrogens (tertiary/aromatic N) is 2. The van der Waals surface area contributed by atoms with Crippen LogP contribution in [0.15, 0.2) is 12.3 Å². The average molecular weight is 274 g/mol. The minimum Gasteiger partial charge on any atom is -0.276 e. The van der Waals surface area contributed by atoms with Gasteiger partial charge in [0.15, 0.2) is 0 Å². The molecular weight excluding hydrogens is 248 g/mol. The van der Waals surface area contributed by atoms with Crippen molar-refractivity contribution in [3.05, 3.63) is 18.0 Å². The Balaban J connectivity index is 1.57. The molecule has 0 aliphatic heterocycles. The topological polar surface area (TPSA) is 55.9 Å². The summed E-state index contributed by atoms with van der Waals surface area (Å²) >= 11 is 0. The summed E-state index contributed by atoms with van der Waals surface area (Å²) < 4.78 is 1.89. The van der Waals surface area contributed by atoms with Gasteiger partial charge in [0, 0.05) is 25.7 Å². The Labute approximate surface area is 121 Å². The quantitative estimate of drug-likeness (QED) is 0.652. The predicted molar refractivity (Wildman–Crippen MR) is 78.6 cm³/mol. The first-order valence-electron chi connectivity index (χ1n) is 8.11. The molecule has 4 nitrogen and oxygen atoms in total. The van der Waals surface area contributed by atoms with Gasteiger partial charge in [0.25, 0.3) is 0 Å². The molecule has 4 bridgehead atoms. The molecule has 4 aliphatic carbocycles. The standard InChI is InChI=1S/C16H26N4/c1-20-3-2-14(19-20)7-15(18-17)16-8-11-4-12(9-16)6-13(5-11)10-16/h2-3,11-13,15,18H,4-10,17H2,1H3. The Morgan fingerprint density at radius 2 is 1.90 bits per heavy atom. The van der Waals surface area contributed by atoms with E-state index < -0.39 is 0 Å². The minimum absolute atomic E-state index is 0.394. The molecule has 110 valence electrons. The number of nitrogens with one attached hydrogen (secondary N) is 1. The van der Waals surface area contributed by atoms with E-state index in [2.05, 4.69) is 16.6 Å². The first kappa shape index (κ1) is 12.8. The van der Waals surface area contributed by atoms with Crippen LogP contribution in [0.25, 0.3) is 0 Å². The largest absolute Gasteiger partial charge is 0.276 e. The molecule has 0 spiro atoms. The second kappa shape index (κ2) is 4.57. The molecular formula is C16H26N4. The van der Waals surface area contributed by atoms with Crippen molar-refractivity contribution in [2.45, 2.75) is 51.0 Å². The smallest absolute Gasteiger partial charge is 0.0640 e. The van der Waals surface area contributed by atoms with Crippen LogP contribution in [0.1, 0.15) is 44.2 Å². The van der Waals surface area contributed by atoms with Gasteiger partial charge in [-0.15, -0.1) is 0 Å². The lowest BCUT2D eigenvalue weighted by atomic mass is 9.47. The van der Waals surface area contributed by atoms with Crippen LogP contribution in [0.4, 0.5) is 0 Å². The highest BCUT2D eigenvalue weighted by molar-refractivity contribution is 5.10. The number of hydrogen-bond acceptors (Lipinski definition) is 3. The van der Waals surface area contributed by atoms with E-state index in [1.807, 2.05) is 17.9 Å². The zero-order valence-corrected chi connectivity index (χ0v) is 12.4. The van der Waals surface area contributed by atoms with E-state index in [1.165, 1.54) is 44.2 Å². The maximum absolute atomic E-state index is 5.96. The molecule has 1 unspecified atom stereocenters. The third-order valence-electron chi connectivity index (χ3n) is 6.21. The fraction of sp³-hybridized carbons (Fsp3) is 0.812. The van der Waals surface area contributed by atoms with Crippen molar-refractivity contribution in [2.24, 2.45) is 36.1 Å². The summed E-state index contributed by atoms with van der Waals surface area (Å²) in [6.45, 7) is 0. The molecule has 4 heteroatoms. The SMILES string of the molecule is Cn1ccc(CC(NN)C23CC4CC(CC(C4)C2)C3)n1. The van der Waals surface area contributed by atoms with Gasteiger partial charge < -0.3 is 0 Å². The highest BCUT2D eigenvalue weighted by Crippen LogP contribution is 2.61. The number of hydrogen-bond donors (Lipinski definition) is 2. The van der Waals surface area contributed by atoms with Gasteiger partial charge in [0.1, 0.15) is 0 Å². The fourth-order valence-corrected chi connectivity index (χ4v) is 5.84. The lowest BCUT2D eigenvalue weighted by Gasteiger charge is -2.59. The molecule has 20 heavy (non-hydrogen) atoms. The van der Waals surface area contributed by atoms with Crippen molar-refractivity contribution in [1.82, 2.24) is 15.2 Å². The van der Waals surface area contributed by atoms with Gasteiger partial charge >= 0.3 is 0 Å². The molecule has 1 aromatic rings. The molecule has 0 aromatic carbocycles. The Morgan fingerprint density at radius 1 is 1.30 bits per heavy atom. The van der Waals surface area contributed by atoms with E-state index in [0.29, 0.717) is 11.5 Å². The van der Waals surface area contributed by atoms with Crippen LogP contribution in [-0.4, -0.2) is 15.8 Å². The van der Waals surface area contributed by atoms with Gasteiger partial charge in [-0.3, -0.25) is 16.0 Å². The Hall–Kier alpha value is -0.870. The first-order chi connectivity index (χ1) is 9.67. The molecule has 1 atom stereocenters. The molecule has 3 N–H and O–H groups in total. The molecule has 4 fully saturated rings. The lowest BCUT2D eigenvalue weighted by molar-refractivity contribution is -0.0739. The van der Waals surface area contributed by atoms with Crippen LogP contribution in [0.2, 0.25) is 0 Å². The van der Waals surface area contributed by atoms with Gasteiger partial charge in [-0.1, -0.05) is 0 Å². The van der Waals surface area contributed by atoms with E-state index in [9.17, 15) is 0 Å². The van der Waals surface area contributed by atoms with Crippen LogP contribution in [0, 0.1) is 23.2 Å². The van der Waals surface area contributed by atoms with Crippen molar-refractivity contribution in [3.63, 3.8) is 0 Å². The number of hydrazine groups is 1. The lowest BCUT2D eigenvalue weighted by Crippen LogP contribution is -2.58. The highest BCUT2D eigenvalue weighted by atomic mass is 15.3. The Bertz CT molecular complexity index is 457. The fourth-order valence-electron chi connectivity index (χ4n) is 5.84. The van der Waals surface area contributed by atoms with Crippen LogP contribution in [0.5, 0.6) is 0 Å². The Morgan fingerprint density at radius 3 is 2.35 bits per heavy atom. The first-order valence-corrected chi connectivity index (χ1v) is 8.11. The molecule has 0 saturated heterocycles. The van der Waals surface area contributed by atoms with E-state index in [1.54, 1.807) is 0 Å². The summed E-state index contributed by atoms with van der Waals surface area (Å²) in [4.78, 5) is 0. The monoisotopic (exact) mass is 274 g/mol. The third-order valence-corrected chi connectivity index (χ3v) is 6.21. The number of nitrogens with two attached hydrogens (primary N) is 1. The van der Waals surface area contributed by atoms with E-state index in [0.717, 1.165) is 24.2 Å². The second-order valence-corrected chi connectivity index (χ2v) is 7.68. The normalized spacial score (nSPS) is 40.2. The summed E-state index contributed by atoms with van der Waals surface area (Å²) in [5.74, 6) is 8.88. The zero-order chi connectivity index (χ0) is 13.7. The maximum atomic E-state index is 5.96. The number of aryl methyl sites for hydroxylation is 1. The molecule has 4 saturated carbocycles. The van der Waals surface area contributed by atoms with Gasteiger partial charge in [-0.25, -0.2) is 0 Å². The van der Waals surface area contributed by atoms with E-state index in [-0.39, 0.29) is 0 Å². The van der Waals surface area contributed by atoms with Crippen LogP contribution in [-0.2, 0) is 13.5 Å². The number of aromatic nitrogens is 2. The summed E-state index contributed by atoms with van der Waals surface area (Å²) in [5, 5.41) is 4.55. The third kappa shape index (κ3) is 2.01. The van der Waals surface area contributed by atoms with Crippen molar-refractivity contribution in [3.8, 4) is 0 Å². The van der Waals surface area contributed by atoms with Crippen LogP contribution < -0.4 is 11.3 Å². The van der Waals surface area contributed by atoms with Gasteiger partial charge in [-0.2, -0.15) is 5.10 Å². The van der Waals surface area contributed by atoms with Gasteiger partial charge in [-0.05, 0) is 67.8 Å². The average Bonchev–Trinajstić information content (AvgIpc) is 2.80. The summed E-state index contributed by atoms with van der Waals surface area (Å²) in [6.07, 6.45) is 11.6. The summed E-state index contributed by atoms with van der Waals surface area (Å²) in [5.41, 5.74) is 4.79. The molecule has 4 aliphatic rings. The van der Waals surface area contributed by atoms with E-state index in [4.69, 9.17) is 5.84 Å². The van der Waals surface area contributed by atoms with Gasteiger partial charge in [0.2, 0.25) is 0 Å². The minimum atomic E-state index is 0.394. The van der Waals surface area contributed by atoms with Crippen molar-refractivity contribution >= 4 is 0 Å². The zero-order valence-electron chi connectivity index (χ0n) is 12.4. The molecule has 1 heterocycles. The number of rotatable bonds is 4. The van der Waals surface area contributed by atoms with Crippen molar-refractivity contribution in [1.29, 1.82) is 0 Å². The highest BCUT2D eigenvalue weighted by Gasteiger charge is 2.53. The molecule has 0 radical (unpaired) electrons.